The first-order valence-corrected chi connectivity index (χ1v) is 9.40. The molecule has 0 saturated carbocycles. The van der Waals surface area contributed by atoms with Gasteiger partial charge in [0.25, 0.3) is 0 Å². The maximum atomic E-state index is 11.2. The van der Waals surface area contributed by atoms with Crippen molar-refractivity contribution >= 4 is 27.8 Å². The highest BCUT2D eigenvalue weighted by Crippen LogP contribution is 2.30. The number of H-pyrrole nitrogens is 1. The van der Waals surface area contributed by atoms with Gasteiger partial charge in [0.1, 0.15) is 35.5 Å². The van der Waals surface area contributed by atoms with E-state index in [-0.39, 0.29) is 11.8 Å². The van der Waals surface area contributed by atoms with Crippen LogP contribution in [-0.2, 0) is 11.3 Å². The van der Waals surface area contributed by atoms with Crippen molar-refractivity contribution in [3.8, 4) is 11.5 Å². The predicted octanol–water partition coefficient (Wildman–Crippen LogP) is 4.36. The summed E-state index contributed by atoms with van der Waals surface area (Å²) in [7, 11) is 0. The molecular weight excluding hydrogens is 374 g/mol. The van der Waals surface area contributed by atoms with Gasteiger partial charge >= 0.3 is 5.97 Å². The van der Waals surface area contributed by atoms with Crippen molar-refractivity contribution in [2.45, 2.75) is 19.1 Å². The van der Waals surface area contributed by atoms with Gasteiger partial charge in [-0.15, -0.1) is 0 Å². The van der Waals surface area contributed by atoms with Gasteiger partial charge in [-0.25, -0.2) is 4.79 Å². The predicted molar refractivity (Wildman–Crippen MR) is 106 cm³/mol. The Labute approximate surface area is 165 Å². The van der Waals surface area contributed by atoms with Gasteiger partial charge in [-0.3, -0.25) is 0 Å². The highest BCUT2D eigenvalue weighted by molar-refractivity contribution is 5.96. The van der Waals surface area contributed by atoms with Gasteiger partial charge in [0, 0.05) is 34.3 Å². The van der Waals surface area contributed by atoms with Gasteiger partial charge in [0.2, 0.25) is 0 Å². The molecule has 148 valence electrons. The molecule has 1 aliphatic heterocycles. The molecule has 1 fully saturated rings. The number of hydrogen-bond acceptors (Lipinski definition) is 5. The van der Waals surface area contributed by atoms with Crippen molar-refractivity contribution in [2.75, 3.05) is 13.2 Å². The van der Waals surface area contributed by atoms with Crippen LogP contribution in [0.4, 0.5) is 0 Å². The zero-order valence-corrected chi connectivity index (χ0v) is 15.5. The normalized spacial score (nSPS) is 16.5. The molecule has 0 spiro atoms. The van der Waals surface area contributed by atoms with Crippen molar-refractivity contribution in [2.24, 2.45) is 0 Å². The second kappa shape index (κ2) is 7.18. The van der Waals surface area contributed by atoms with E-state index in [4.69, 9.17) is 18.6 Å². The average molecular weight is 393 g/mol. The van der Waals surface area contributed by atoms with Crippen LogP contribution < -0.4 is 9.47 Å². The molecule has 29 heavy (non-hydrogen) atoms. The third-order valence-electron chi connectivity index (χ3n) is 5.06. The Bertz CT molecular complexity index is 1180. The molecule has 0 radical (unpaired) electrons. The standard InChI is InChI=1S/C22H19NO6/c24-22(25)19-9-17-18(23-19)2-1-3-20(17)27-10-13-11-28-21-8-14(4-5-16(13)21)29-15-6-7-26-12-15/h1-5,8-9,11,15,23H,6-7,10,12H2,(H,24,25)/t15-/m0/s1. The van der Waals surface area contributed by atoms with E-state index in [1.165, 1.54) is 0 Å². The van der Waals surface area contributed by atoms with Crippen molar-refractivity contribution in [3.63, 3.8) is 0 Å². The van der Waals surface area contributed by atoms with Crippen molar-refractivity contribution in [1.82, 2.24) is 4.98 Å². The minimum Gasteiger partial charge on any atom is -0.488 e. The zero-order chi connectivity index (χ0) is 19.8. The Morgan fingerprint density at radius 3 is 2.97 bits per heavy atom. The minimum absolute atomic E-state index is 0.0859. The summed E-state index contributed by atoms with van der Waals surface area (Å²) in [6.45, 7) is 1.65. The fourth-order valence-electron chi connectivity index (χ4n) is 3.57. The summed E-state index contributed by atoms with van der Waals surface area (Å²) >= 11 is 0. The van der Waals surface area contributed by atoms with E-state index in [1.54, 1.807) is 12.3 Å². The van der Waals surface area contributed by atoms with Crippen LogP contribution in [0.1, 0.15) is 22.5 Å². The lowest BCUT2D eigenvalue weighted by molar-refractivity contribution is 0.0691. The summed E-state index contributed by atoms with van der Waals surface area (Å²) in [5, 5.41) is 10.9. The number of ether oxygens (including phenoxy) is 3. The van der Waals surface area contributed by atoms with E-state index in [0.29, 0.717) is 19.0 Å². The number of carbonyl (C=O) groups is 1. The number of carboxylic acid groups (broad SMARTS) is 1. The van der Waals surface area contributed by atoms with E-state index in [2.05, 4.69) is 4.98 Å². The lowest BCUT2D eigenvalue weighted by Gasteiger charge is -2.11. The van der Waals surface area contributed by atoms with Crippen LogP contribution in [0, 0.1) is 0 Å². The van der Waals surface area contributed by atoms with Crippen LogP contribution in [-0.4, -0.2) is 35.4 Å². The van der Waals surface area contributed by atoms with E-state index in [9.17, 15) is 9.90 Å². The summed E-state index contributed by atoms with van der Waals surface area (Å²) in [4.78, 5) is 14.1. The van der Waals surface area contributed by atoms with Crippen LogP contribution in [0.25, 0.3) is 21.9 Å². The molecular formula is C22H19NO6. The smallest absolute Gasteiger partial charge is 0.352 e. The van der Waals surface area contributed by atoms with E-state index < -0.39 is 5.97 Å². The number of aromatic carboxylic acids is 1. The topological polar surface area (TPSA) is 93.9 Å². The zero-order valence-electron chi connectivity index (χ0n) is 15.5. The Morgan fingerprint density at radius 2 is 2.14 bits per heavy atom. The Hall–Kier alpha value is -3.45. The van der Waals surface area contributed by atoms with Crippen LogP contribution >= 0.6 is 0 Å². The van der Waals surface area contributed by atoms with Crippen LogP contribution in [0.5, 0.6) is 11.5 Å². The second-order valence-electron chi connectivity index (χ2n) is 7.02. The first-order chi connectivity index (χ1) is 14.2. The second-order valence-corrected chi connectivity index (χ2v) is 7.02. The SMILES string of the molecule is O=C(O)c1cc2c(OCc3coc4cc(O[C@H]5CCOC5)ccc34)cccc2[nH]1. The summed E-state index contributed by atoms with van der Waals surface area (Å²) in [6.07, 6.45) is 2.65. The quantitative estimate of drug-likeness (QED) is 0.506. The number of hydrogen-bond donors (Lipinski definition) is 2. The molecule has 3 heterocycles. The van der Waals surface area contributed by atoms with E-state index in [1.807, 2.05) is 36.4 Å². The summed E-state index contributed by atoms with van der Waals surface area (Å²) in [5.41, 5.74) is 2.48. The van der Waals surface area contributed by atoms with Crippen LogP contribution in [0.15, 0.2) is 53.1 Å². The third kappa shape index (κ3) is 3.40. The number of carboxylic acids is 1. The lowest BCUT2D eigenvalue weighted by Crippen LogP contribution is -2.15. The third-order valence-corrected chi connectivity index (χ3v) is 5.06. The van der Waals surface area contributed by atoms with Gasteiger partial charge in [-0.2, -0.15) is 0 Å². The van der Waals surface area contributed by atoms with E-state index >= 15 is 0 Å². The fourth-order valence-corrected chi connectivity index (χ4v) is 3.57. The van der Waals surface area contributed by atoms with Gasteiger partial charge in [0.05, 0.1) is 19.5 Å². The van der Waals surface area contributed by atoms with Gasteiger partial charge in [-0.1, -0.05) is 6.07 Å². The lowest BCUT2D eigenvalue weighted by atomic mass is 10.2. The molecule has 2 aromatic carbocycles. The molecule has 0 bridgehead atoms. The molecule has 2 N–H and O–H groups in total. The monoisotopic (exact) mass is 393 g/mol. The molecule has 0 unspecified atom stereocenters. The molecule has 0 amide bonds. The maximum Gasteiger partial charge on any atom is 0.352 e. The number of aromatic amines is 1. The van der Waals surface area contributed by atoms with Gasteiger partial charge in [-0.05, 0) is 30.3 Å². The van der Waals surface area contributed by atoms with Crippen LogP contribution in [0.2, 0.25) is 0 Å². The van der Waals surface area contributed by atoms with Crippen molar-refractivity contribution in [1.29, 1.82) is 0 Å². The average Bonchev–Trinajstić information content (AvgIpc) is 3.45. The molecule has 5 rings (SSSR count). The first kappa shape index (κ1) is 17.6. The number of benzene rings is 2. The Balaban J connectivity index is 1.35. The molecule has 7 nitrogen and oxygen atoms in total. The first-order valence-electron chi connectivity index (χ1n) is 9.40. The number of fused-ring (bicyclic) bond motifs is 2. The van der Waals surface area contributed by atoms with Gasteiger partial charge < -0.3 is 28.7 Å². The minimum atomic E-state index is -1.00. The van der Waals surface area contributed by atoms with Crippen molar-refractivity contribution < 1.29 is 28.5 Å². The van der Waals surface area contributed by atoms with E-state index in [0.717, 1.165) is 46.2 Å². The molecule has 1 saturated heterocycles. The fraction of sp³-hybridized carbons (Fsp3) is 0.227. The molecule has 0 aliphatic carbocycles. The van der Waals surface area contributed by atoms with Crippen LogP contribution in [0.3, 0.4) is 0 Å². The number of rotatable bonds is 6. The molecule has 4 aromatic rings. The summed E-state index contributed by atoms with van der Waals surface area (Å²) < 4.78 is 22.9. The maximum absolute atomic E-state index is 11.2. The highest BCUT2D eigenvalue weighted by Gasteiger charge is 2.18. The van der Waals surface area contributed by atoms with Gasteiger partial charge in [0.15, 0.2) is 0 Å². The number of aromatic nitrogens is 1. The number of nitrogens with one attached hydrogen (secondary N) is 1. The summed E-state index contributed by atoms with van der Waals surface area (Å²) in [6, 6.07) is 12.8. The Morgan fingerprint density at radius 1 is 1.21 bits per heavy atom. The largest absolute Gasteiger partial charge is 0.488 e. The number of furan rings is 1. The Kier molecular flexibility index (Phi) is 4.37. The molecule has 1 aliphatic rings. The molecule has 7 heteroatoms. The molecule has 1 atom stereocenters. The summed E-state index contributed by atoms with van der Waals surface area (Å²) in [5.74, 6) is 0.366. The molecule has 2 aromatic heterocycles. The van der Waals surface area contributed by atoms with Crippen molar-refractivity contribution in [3.05, 3.63) is 60.0 Å². The highest BCUT2D eigenvalue weighted by atomic mass is 16.5.